The molecule has 94 valence electrons. The first-order valence-electron chi connectivity index (χ1n) is 5.89. The molecule has 1 N–H and O–H groups in total. The van der Waals surface area contributed by atoms with Gasteiger partial charge in [0.15, 0.2) is 0 Å². The van der Waals surface area contributed by atoms with Crippen molar-refractivity contribution in [1.82, 2.24) is 9.62 Å². The molecule has 0 aromatic heterocycles. The van der Waals surface area contributed by atoms with Gasteiger partial charge in [-0.15, -0.1) is 6.58 Å². The van der Waals surface area contributed by atoms with Crippen LogP contribution in [0, 0.1) is 5.92 Å². The first kappa shape index (κ1) is 13.7. The Morgan fingerprint density at radius 2 is 2.06 bits per heavy atom. The van der Waals surface area contributed by atoms with E-state index in [9.17, 15) is 8.42 Å². The van der Waals surface area contributed by atoms with Crippen LogP contribution in [-0.2, 0) is 10.0 Å². The van der Waals surface area contributed by atoms with E-state index in [1.807, 2.05) is 6.92 Å². The van der Waals surface area contributed by atoms with Gasteiger partial charge in [-0.2, -0.15) is 0 Å². The normalized spacial score (nSPS) is 18.9. The second-order valence-electron chi connectivity index (χ2n) is 4.21. The largest absolute Gasteiger partial charge is 0.317 e. The lowest BCUT2D eigenvalue weighted by Gasteiger charge is -2.28. The summed E-state index contributed by atoms with van der Waals surface area (Å²) < 4.78 is 25.3. The zero-order valence-electron chi connectivity index (χ0n) is 9.98. The summed E-state index contributed by atoms with van der Waals surface area (Å²) in [5, 5.41) is 3.29. The summed E-state index contributed by atoms with van der Waals surface area (Å²) in [5.74, 6) is 0.548. The quantitative estimate of drug-likeness (QED) is 0.706. The highest BCUT2D eigenvalue weighted by atomic mass is 32.2. The number of piperidine rings is 1. The van der Waals surface area contributed by atoms with Gasteiger partial charge >= 0.3 is 0 Å². The third-order valence-electron chi connectivity index (χ3n) is 3.00. The molecule has 1 rings (SSSR count). The monoisotopic (exact) mass is 246 g/mol. The average molecular weight is 246 g/mol. The molecule has 16 heavy (non-hydrogen) atoms. The molecule has 1 fully saturated rings. The van der Waals surface area contributed by atoms with E-state index in [2.05, 4.69) is 11.9 Å². The molecule has 4 nitrogen and oxygen atoms in total. The fraction of sp³-hybridized carbons (Fsp3) is 0.818. The molecule has 0 bridgehead atoms. The van der Waals surface area contributed by atoms with Gasteiger partial charge in [0, 0.05) is 13.1 Å². The van der Waals surface area contributed by atoms with Crippen molar-refractivity contribution < 1.29 is 8.42 Å². The van der Waals surface area contributed by atoms with Crippen molar-refractivity contribution in [3.63, 3.8) is 0 Å². The number of hydrogen-bond acceptors (Lipinski definition) is 3. The molecule has 1 saturated heterocycles. The van der Waals surface area contributed by atoms with Crippen LogP contribution in [-0.4, -0.2) is 44.7 Å². The van der Waals surface area contributed by atoms with Crippen LogP contribution in [0.2, 0.25) is 0 Å². The number of sulfonamides is 1. The zero-order valence-corrected chi connectivity index (χ0v) is 10.8. The molecule has 1 aliphatic heterocycles. The zero-order chi connectivity index (χ0) is 12.0. The molecule has 1 heterocycles. The van der Waals surface area contributed by atoms with Gasteiger partial charge in [0.25, 0.3) is 0 Å². The molecule has 1 aliphatic rings. The number of nitrogens with zero attached hydrogens (tertiary/aromatic N) is 1. The Kier molecular flexibility index (Phi) is 5.44. The second-order valence-corrected chi connectivity index (χ2v) is 6.22. The van der Waals surface area contributed by atoms with E-state index in [-0.39, 0.29) is 5.75 Å². The molecule has 0 unspecified atom stereocenters. The van der Waals surface area contributed by atoms with Crippen LogP contribution in [0.3, 0.4) is 0 Å². The Balaban J connectivity index is 2.56. The van der Waals surface area contributed by atoms with E-state index in [1.54, 1.807) is 4.31 Å². The minimum atomic E-state index is -3.13. The SMILES string of the molecule is C=CCS(=O)(=O)N(CC)CC1CCNCC1. The highest BCUT2D eigenvalue weighted by molar-refractivity contribution is 7.89. The molecule has 5 heteroatoms. The van der Waals surface area contributed by atoms with Crippen LogP contribution in [0.4, 0.5) is 0 Å². The molecular formula is C11H22N2O2S. The number of rotatable bonds is 6. The summed E-state index contributed by atoms with van der Waals surface area (Å²) in [4.78, 5) is 0. The molecule has 0 saturated carbocycles. The van der Waals surface area contributed by atoms with Gasteiger partial charge in [-0.05, 0) is 31.8 Å². The number of nitrogens with one attached hydrogen (secondary N) is 1. The first-order chi connectivity index (χ1) is 7.60. The van der Waals surface area contributed by atoms with E-state index < -0.39 is 10.0 Å². The Labute approximate surface area is 98.8 Å². The van der Waals surface area contributed by atoms with E-state index in [1.165, 1.54) is 6.08 Å². The topological polar surface area (TPSA) is 49.4 Å². The number of hydrogen-bond donors (Lipinski definition) is 1. The minimum Gasteiger partial charge on any atom is -0.317 e. The molecule has 0 aromatic rings. The Morgan fingerprint density at radius 3 is 2.56 bits per heavy atom. The van der Waals surface area contributed by atoms with Crippen molar-refractivity contribution in [2.45, 2.75) is 19.8 Å². The molecule has 0 spiro atoms. The maximum absolute atomic E-state index is 11.9. The lowest BCUT2D eigenvalue weighted by atomic mass is 9.98. The summed E-state index contributed by atoms with van der Waals surface area (Å²) in [5.41, 5.74) is 0. The molecule has 0 aliphatic carbocycles. The highest BCUT2D eigenvalue weighted by Crippen LogP contribution is 2.15. The molecule has 0 aromatic carbocycles. The van der Waals surface area contributed by atoms with Crippen LogP contribution in [0.1, 0.15) is 19.8 Å². The fourth-order valence-electron chi connectivity index (χ4n) is 2.05. The third-order valence-corrected chi connectivity index (χ3v) is 4.85. The Bertz CT molecular complexity index is 308. The summed E-state index contributed by atoms with van der Waals surface area (Å²) in [6, 6.07) is 0. The van der Waals surface area contributed by atoms with Crippen LogP contribution in [0.15, 0.2) is 12.7 Å². The van der Waals surface area contributed by atoms with E-state index >= 15 is 0 Å². The van der Waals surface area contributed by atoms with Gasteiger partial charge in [-0.3, -0.25) is 0 Å². The molecule has 0 amide bonds. The van der Waals surface area contributed by atoms with E-state index in [0.29, 0.717) is 19.0 Å². The van der Waals surface area contributed by atoms with Gasteiger partial charge in [-0.1, -0.05) is 13.0 Å². The Morgan fingerprint density at radius 1 is 1.44 bits per heavy atom. The predicted molar refractivity (Wildman–Crippen MR) is 66.8 cm³/mol. The third kappa shape index (κ3) is 3.88. The maximum atomic E-state index is 11.9. The molecule has 0 atom stereocenters. The summed E-state index contributed by atoms with van der Waals surface area (Å²) >= 11 is 0. The van der Waals surface area contributed by atoms with Crippen LogP contribution < -0.4 is 5.32 Å². The molecule has 0 radical (unpaired) electrons. The standard InChI is InChI=1S/C11H22N2O2S/c1-3-9-16(14,15)13(4-2)10-11-5-7-12-8-6-11/h3,11-12H,1,4-10H2,2H3. The minimum absolute atomic E-state index is 0.0474. The lowest BCUT2D eigenvalue weighted by Crippen LogP contribution is -2.39. The van der Waals surface area contributed by atoms with Gasteiger partial charge in [0.05, 0.1) is 5.75 Å². The maximum Gasteiger partial charge on any atom is 0.217 e. The van der Waals surface area contributed by atoms with Gasteiger partial charge in [-0.25, -0.2) is 12.7 Å². The van der Waals surface area contributed by atoms with Crippen molar-refractivity contribution in [1.29, 1.82) is 0 Å². The molecular weight excluding hydrogens is 224 g/mol. The average Bonchev–Trinajstić information content (AvgIpc) is 2.27. The summed E-state index contributed by atoms with van der Waals surface area (Å²) in [6.07, 6.45) is 3.60. The van der Waals surface area contributed by atoms with Gasteiger partial charge in [0.1, 0.15) is 0 Å². The summed E-state index contributed by atoms with van der Waals surface area (Å²) in [7, 11) is -3.13. The second kappa shape index (κ2) is 6.37. The van der Waals surface area contributed by atoms with Crippen LogP contribution in [0.5, 0.6) is 0 Å². The first-order valence-corrected chi connectivity index (χ1v) is 7.50. The van der Waals surface area contributed by atoms with E-state index in [4.69, 9.17) is 0 Å². The van der Waals surface area contributed by atoms with Gasteiger partial charge in [0.2, 0.25) is 10.0 Å². The predicted octanol–water partition coefficient (Wildman–Crippen LogP) is 0.824. The van der Waals surface area contributed by atoms with Crippen molar-refractivity contribution in [3.05, 3.63) is 12.7 Å². The fourth-order valence-corrected chi connectivity index (χ4v) is 3.39. The summed E-state index contributed by atoms with van der Waals surface area (Å²) in [6.45, 7) is 8.61. The van der Waals surface area contributed by atoms with Crippen LogP contribution in [0.25, 0.3) is 0 Å². The van der Waals surface area contributed by atoms with Crippen molar-refractivity contribution >= 4 is 10.0 Å². The van der Waals surface area contributed by atoms with Gasteiger partial charge < -0.3 is 5.32 Å². The lowest BCUT2D eigenvalue weighted by molar-refractivity contribution is 0.295. The van der Waals surface area contributed by atoms with Crippen LogP contribution >= 0.6 is 0 Å². The van der Waals surface area contributed by atoms with E-state index in [0.717, 1.165) is 25.9 Å². The smallest absolute Gasteiger partial charge is 0.217 e. The Hall–Kier alpha value is -0.390. The highest BCUT2D eigenvalue weighted by Gasteiger charge is 2.23. The van der Waals surface area contributed by atoms with Crippen molar-refractivity contribution in [3.8, 4) is 0 Å². The van der Waals surface area contributed by atoms with Crippen molar-refractivity contribution in [2.75, 3.05) is 31.9 Å². The van der Waals surface area contributed by atoms with Crippen molar-refractivity contribution in [2.24, 2.45) is 5.92 Å².